The van der Waals surface area contributed by atoms with Crippen molar-refractivity contribution in [2.75, 3.05) is 5.32 Å². The van der Waals surface area contributed by atoms with Crippen LogP contribution in [0.25, 0.3) is 0 Å². The van der Waals surface area contributed by atoms with Crippen molar-refractivity contribution in [2.24, 2.45) is 0 Å². The molecular weight excluding hydrogens is 215 g/mol. The van der Waals surface area contributed by atoms with E-state index in [1.54, 1.807) is 0 Å². The number of nitrogens with zero attached hydrogens (tertiary/aromatic N) is 1. The van der Waals surface area contributed by atoms with E-state index in [0.29, 0.717) is 10.6 Å². The SMILES string of the molecule is CC(C)Nc1ncc(Cl)c(C(C)C)c1F. The van der Waals surface area contributed by atoms with Crippen LogP contribution in [0.4, 0.5) is 10.2 Å². The molecule has 1 aromatic rings. The van der Waals surface area contributed by atoms with E-state index in [1.165, 1.54) is 6.20 Å². The Morgan fingerprint density at radius 1 is 1.33 bits per heavy atom. The zero-order chi connectivity index (χ0) is 11.6. The Labute approximate surface area is 94.9 Å². The van der Waals surface area contributed by atoms with Crippen molar-refractivity contribution in [1.82, 2.24) is 4.98 Å². The van der Waals surface area contributed by atoms with E-state index in [9.17, 15) is 4.39 Å². The first-order valence-electron chi connectivity index (χ1n) is 5.04. The second-order valence-electron chi connectivity index (χ2n) is 4.14. The van der Waals surface area contributed by atoms with Gasteiger partial charge in [-0.15, -0.1) is 0 Å². The predicted molar refractivity (Wildman–Crippen MR) is 62.1 cm³/mol. The second kappa shape index (κ2) is 4.79. The molecule has 1 aromatic heterocycles. The van der Waals surface area contributed by atoms with Crippen LogP contribution in [0.15, 0.2) is 6.20 Å². The quantitative estimate of drug-likeness (QED) is 0.854. The van der Waals surface area contributed by atoms with Crippen LogP contribution in [0.1, 0.15) is 39.2 Å². The molecule has 1 heterocycles. The summed E-state index contributed by atoms with van der Waals surface area (Å²) in [5, 5.41) is 3.34. The molecule has 0 spiro atoms. The minimum atomic E-state index is -0.341. The minimum absolute atomic E-state index is 0.0493. The van der Waals surface area contributed by atoms with Gasteiger partial charge in [-0.1, -0.05) is 25.4 Å². The first kappa shape index (κ1) is 12.2. The van der Waals surface area contributed by atoms with Crippen molar-refractivity contribution in [3.05, 3.63) is 22.6 Å². The smallest absolute Gasteiger partial charge is 0.170 e. The first-order chi connectivity index (χ1) is 6.93. The molecule has 0 aliphatic heterocycles. The molecule has 0 fully saturated rings. The van der Waals surface area contributed by atoms with E-state index in [2.05, 4.69) is 10.3 Å². The molecule has 0 saturated carbocycles. The number of hydrogen-bond acceptors (Lipinski definition) is 2. The molecule has 0 aliphatic rings. The maximum atomic E-state index is 13.9. The lowest BCUT2D eigenvalue weighted by atomic mass is 10.0. The lowest BCUT2D eigenvalue weighted by Gasteiger charge is -2.15. The highest BCUT2D eigenvalue weighted by molar-refractivity contribution is 6.31. The fourth-order valence-electron chi connectivity index (χ4n) is 1.38. The van der Waals surface area contributed by atoms with Crippen molar-refractivity contribution in [3.63, 3.8) is 0 Å². The van der Waals surface area contributed by atoms with Gasteiger partial charge in [0.2, 0.25) is 0 Å². The van der Waals surface area contributed by atoms with E-state index in [0.717, 1.165) is 0 Å². The maximum Gasteiger partial charge on any atom is 0.170 e. The summed E-state index contributed by atoms with van der Waals surface area (Å²) in [6, 6.07) is 0.146. The summed E-state index contributed by atoms with van der Waals surface area (Å²) in [5.74, 6) is -0.0162. The summed E-state index contributed by atoms with van der Waals surface area (Å²) in [5.41, 5.74) is 0.523. The molecule has 0 aromatic carbocycles. The largest absolute Gasteiger partial charge is 0.365 e. The molecule has 2 nitrogen and oxygen atoms in total. The third-order valence-corrected chi connectivity index (χ3v) is 2.31. The Balaban J connectivity index is 3.16. The highest BCUT2D eigenvalue weighted by atomic mass is 35.5. The van der Waals surface area contributed by atoms with Crippen molar-refractivity contribution >= 4 is 17.4 Å². The van der Waals surface area contributed by atoms with Crippen LogP contribution in [0.2, 0.25) is 5.02 Å². The lowest BCUT2D eigenvalue weighted by molar-refractivity contribution is 0.593. The van der Waals surface area contributed by atoms with Gasteiger partial charge in [0.25, 0.3) is 0 Å². The summed E-state index contributed by atoms with van der Waals surface area (Å²) in [4.78, 5) is 3.94. The molecule has 0 atom stereocenters. The molecule has 0 saturated heterocycles. The standard InChI is InChI=1S/C11H16ClFN2/c1-6(2)9-8(12)5-14-11(10(9)13)15-7(3)4/h5-7H,1-4H3,(H,14,15). The first-order valence-corrected chi connectivity index (χ1v) is 5.41. The fraction of sp³-hybridized carbons (Fsp3) is 0.545. The van der Waals surface area contributed by atoms with Gasteiger partial charge in [0.1, 0.15) is 0 Å². The highest BCUT2D eigenvalue weighted by Gasteiger charge is 2.16. The van der Waals surface area contributed by atoms with E-state index in [-0.39, 0.29) is 23.6 Å². The number of nitrogens with one attached hydrogen (secondary N) is 1. The molecule has 0 aliphatic carbocycles. The van der Waals surface area contributed by atoms with Crippen molar-refractivity contribution in [2.45, 2.75) is 39.7 Å². The van der Waals surface area contributed by atoms with Crippen molar-refractivity contribution in [1.29, 1.82) is 0 Å². The molecule has 0 radical (unpaired) electrons. The number of aromatic nitrogens is 1. The van der Waals surface area contributed by atoms with Gasteiger partial charge in [-0.2, -0.15) is 0 Å². The van der Waals surface area contributed by atoms with Gasteiger partial charge < -0.3 is 5.32 Å². The summed E-state index contributed by atoms with van der Waals surface area (Å²) >= 11 is 5.90. The summed E-state index contributed by atoms with van der Waals surface area (Å²) in [6.07, 6.45) is 1.49. The van der Waals surface area contributed by atoms with Gasteiger partial charge in [0, 0.05) is 17.8 Å². The molecule has 15 heavy (non-hydrogen) atoms. The van der Waals surface area contributed by atoms with E-state index in [1.807, 2.05) is 27.7 Å². The normalized spacial score (nSPS) is 11.2. The number of halogens is 2. The van der Waals surface area contributed by atoms with Crippen LogP contribution in [0.3, 0.4) is 0 Å². The van der Waals surface area contributed by atoms with Crippen LogP contribution in [0.5, 0.6) is 0 Å². The van der Waals surface area contributed by atoms with Crippen LogP contribution in [-0.2, 0) is 0 Å². The fourth-order valence-corrected chi connectivity index (χ4v) is 1.73. The monoisotopic (exact) mass is 230 g/mol. The van der Waals surface area contributed by atoms with E-state index in [4.69, 9.17) is 11.6 Å². The van der Waals surface area contributed by atoms with Gasteiger partial charge >= 0.3 is 0 Å². The minimum Gasteiger partial charge on any atom is -0.365 e. The number of rotatable bonds is 3. The van der Waals surface area contributed by atoms with Crippen LogP contribution in [-0.4, -0.2) is 11.0 Å². The predicted octanol–water partition coefficient (Wildman–Crippen LogP) is 3.82. The van der Waals surface area contributed by atoms with Gasteiger partial charge in [-0.3, -0.25) is 0 Å². The third kappa shape index (κ3) is 2.81. The second-order valence-corrected chi connectivity index (χ2v) is 4.54. The third-order valence-electron chi connectivity index (χ3n) is 2.01. The Morgan fingerprint density at radius 2 is 1.93 bits per heavy atom. The van der Waals surface area contributed by atoms with E-state index >= 15 is 0 Å². The van der Waals surface area contributed by atoms with Gasteiger partial charge in [0.05, 0.1) is 5.02 Å². The average molecular weight is 231 g/mol. The van der Waals surface area contributed by atoms with Crippen LogP contribution >= 0.6 is 11.6 Å². The summed E-state index contributed by atoms with van der Waals surface area (Å²) in [6.45, 7) is 7.68. The van der Waals surface area contributed by atoms with Gasteiger partial charge in [0.15, 0.2) is 11.6 Å². The summed E-state index contributed by atoms with van der Waals surface area (Å²) < 4.78 is 13.9. The zero-order valence-electron chi connectivity index (χ0n) is 9.44. The van der Waals surface area contributed by atoms with Gasteiger partial charge in [-0.25, -0.2) is 9.37 Å². The topological polar surface area (TPSA) is 24.9 Å². The lowest BCUT2D eigenvalue weighted by Crippen LogP contribution is -2.14. The summed E-state index contributed by atoms with van der Waals surface area (Å²) in [7, 11) is 0. The number of pyridine rings is 1. The average Bonchev–Trinajstić information content (AvgIpc) is 2.09. The Kier molecular flexibility index (Phi) is 3.91. The molecular formula is C11H16ClFN2. The molecule has 4 heteroatoms. The molecule has 0 bridgehead atoms. The van der Waals surface area contributed by atoms with E-state index < -0.39 is 0 Å². The Bertz CT molecular complexity index is 351. The number of hydrogen-bond donors (Lipinski definition) is 1. The van der Waals surface area contributed by atoms with Crippen molar-refractivity contribution < 1.29 is 4.39 Å². The van der Waals surface area contributed by atoms with Crippen LogP contribution in [0, 0.1) is 5.82 Å². The maximum absolute atomic E-state index is 13.9. The zero-order valence-corrected chi connectivity index (χ0v) is 10.2. The van der Waals surface area contributed by atoms with Gasteiger partial charge in [-0.05, 0) is 19.8 Å². The highest BCUT2D eigenvalue weighted by Crippen LogP contribution is 2.29. The molecule has 84 valence electrons. The molecule has 1 rings (SSSR count). The number of anilines is 1. The van der Waals surface area contributed by atoms with Crippen molar-refractivity contribution in [3.8, 4) is 0 Å². The molecule has 0 unspecified atom stereocenters. The molecule has 0 amide bonds. The Morgan fingerprint density at radius 3 is 2.40 bits per heavy atom. The van der Waals surface area contributed by atoms with Crippen LogP contribution < -0.4 is 5.32 Å². The molecule has 1 N–H and O–H groups in total. The Hall–Kier alpha value is -0.830.